The van der Waals surface area contributed by atoms with E-state index in [-0.39, 0.29) is 23.6 Å². The molecule has 1 fully saturated rings. The lowest BCUT2D eigenvalue weighted by Crippen LogP contribution is -2.41. The Bertz CT molecular complexity index is 911. The van der Waals surface area contributed by atoms with Gasteiger partial charge in [0.05, 0.1) is 0 Å². The quantitative estimate of drug-likeness (QED) is 0.766. The van der Waals surface area contributed by atoms with Crippen molar-refractivity contribution in [2.75, 3.05) is 6.54 Å². The average molecular weight is 366 g/mol. The molecule has 0 radical (unpaired) electrons. The van der Waals surface area contributed by atoms with Gasteiger partial charge < -0.3 is 14.2 Å². The van der Waals surface area contributed by atoms with Crippen LogP contribution in [0.25, 0.3) is 11.1 Å². The third kappa shape index (κ3) is 3.51. The maximum atomic E-state index is 13.1. The highest BCUT2D eigenvalue weighted by atomic mass is 16.6. The minimum absolute atomic E-state index is 0.0649. The Hall–Kier alpha value is -2.56. The molecule has 1 saturated carbocycles. The lowest BCUT2D eigenvalue weighted by atomic mass is 10.1. The summed E-state index contributed by atoms with van der Waals surface area (Å²) in [7, 11) is 0. The van der Waals surface area contributed by atoms with E-state index in [1.165, 1.54) is 0 Å². The third-order valence-corrected chi connectivity index (χ3v) is 5.24. The SMILES string of the molecule is CC(C)(C)OC(=O)N1CCCn2c(ccc(-c3ccccc3)c2=O)C2CC21. The van der Waals surface area contributed by atoms with Gasteiger partial charge in [-0.2, -0.15) is 0 Å². The molecule has 0 spiro atoms. The van der Waals surface area contributed by atoms with Gasteiger partial charge in [0.25, 0.3) is 5.56 Å². The number of nitrogens with zero attached hydrogens (tertiary/aromatic N) is 2. The molecular formula is C22H26N2O3. The number of hydrogen-bond acceptors (Lipinski definition) is 3. The second-order valence-corrected chi connectivity index (χ2v) is 8.43. The molecule has 2 aliphatic rings. The number of aromatic nitrogens is 1. The normalized spacial score (nSPS) is 21.5. The highest BCUT2D eigenvalue weighted by Crippen LogP contribution is 2.46. The first-order valence-electron chi connectivity index (χ1n) is 9.64. The van der Waals surface area contributed by atoms with E-state index in [1.54, 1.807) is 0 Å². The molecule has 2 unspecified atom stereocenters. The first-order valence-corrected chi connectivity index (χ1v) is 9.64. The van der Waals surface area contributed by atoms with E-state index in [9.17, 15) is 9.59 Å². The molecule has 5 nitrogen and oxygen atoms in total. The molecule has 2 aromatic rings. The first-order chi connectivity index (χ1) is 12.8. The van der Waals surface area contributed by atoms with Crippen LogP contribution in [0, 0.1) is 0 Å². The van der Waals surface area contributed by atoms with Crippen molar-refractivity contribution in [3.05, 3.63) is 58.5 Å². The Balaban J connectivity index is 1.63. The van der Waals surface area contributed by atoms with Crippen LogP contribution in [0.5, 0.6) is 0 Å². The molecule has 4 rings (SSSR count). The monoisotopic (exact) mass is 366 g/mol. The van der Waals surface area contributed by atoms with Gasteiger partial charge in [-0.25, -0.2) is 4.79 Å². The number of amides is 1. The molecular weight excluding hydrogens is 340 g/mol. The van der Waals surface area contributed by atoms with E-state index >= 15 is 0 Å². The van der Waals surface area contributed by atoms with Crippen LogP contribution in [0.1, 0.15) is 45.2 Å². The van der Waals surface area contributed by atoms with E-state index in [4.69, 9.17) is 4.74 Å². The zero-order valence-electron chi connectivity index (χ0n) is 16.1. The summed E-state index contributed by atoms with van der Waals surface area (Å²) in [5.74, 6) is 0.218. The molecule has 1 aliphatic heterocycles. The molecule has 2 atom stereocenters. The van der Waals surface area contributed by atoms with E-state index in [0.717, 1.165) is 29.7 Å². The number of fused-ring (bicyclic) bond motifs is 3. The number of benzene rings is 1. The molecule has 1 amide bonds. The van der Waals surface area contributed by atoms with Crippen LogP contribution in [0.15, 0.2) is 47.3 Å². The summed E-state index contributed by atoms with van der Waals surface area (Å²) < 4.78 is 7.49. The first kappa shape index (κ1) is 17.8. The predicted molar refractivity (Wildman–Crippen MR) is 105 cm³/mol. The summed E-state index contributed by atoms with van der Waals surface area (Å²) in [5, 5.41) is 0. The topological polar surface area (TPSA) is 51.5 Å². The van der Waals surface area contributed by atoms with Crippen molar-refractivity contribution in [2.45, 2.75) is 57.7 Å². The summed E-state index contributed by atoms with van der Waals surface area (Å²) in [6.45, 7) is 6.91. The fourth-order valence-corrected chi connectivity index (χ4v) is 3.94. The summed E-state index contributed by atoms with van der Waals surface area (Å²) in [6, 6.07) is 13.9. The van der Waals surface area contributed by atoms with Crippen molar-refractivity contribution >= 4 is 6.09 Å². The van der Waals surface area contributed by atoms with E-state index < -0.39 is 5.60 Å². The molecule has 0 N–H and O–H groups in total. The van der Waals surface area contributed by atoms with Gasteiger partial charge in [-0.05, 0) is 51.3 Å². The van der Waals surface area contributed by atoms with Crippen molar-refractivity contribution in [1.29, 1.82) is 0 Å². The summed E-state index contributed by atoms with van der Waals surface area (Å²) in [4.78, 5) is 27.5. The predicted octanol–water partition coefficient (Wildman–Crippen LogP) is 4.01. The van der Waals surface area contributed by atoms with Crippen LogP contribution in [0.3, 0.4) is 0 Å². The molecule has 27 heavy (non-hydrogen) atoms. The Morgan fingerprint density at radius 2 is 1.81 bits per heavy atom. The minimum atomic E-state index is -0.497. The van der Waals surface area contributed by atoms with Crippen molar-refractivity contribution < 1.29 is 9.53 Å². The highest BCUT2D eigenvalue weighted by molar-refractivity contribution is 5.69. The van der Waals surface area contributed by atoms with Crippen molar-refractivity contribution in [3.63, 3.8) is 0 Å². The molecule has 1 aromatic heterocycles. The van der Waals surface area contributed by atoms with Gasteiger partial charge in [0, 0.05) is 36.3 Å². The minimum Gasteiger partial charge on any atom is -0.444 e. The van der Waals surface area contributed by atoms with Crippen LogP contribution in [0.2, 0.25) is 0 Å². The zero-order valence-corrected chi connectivity index (χ0v) is 16.1. The lowest BCUT2D eigenvalue weighted by molar-refractivity contribution is 0.0221. The Labute approximate surface area is 159 Å². The van der Waals surface area contributed by atoms with E-state index in [2.05, 4.69) is 6.07 Å². The fraction of sp³-hybridized carbons (Fsp3) is 0.455. The Morgan fingerprint density at radius 1 is 1.07 bits per heavy atom. The zero-order chi connectivity index (χ0) is 19.2. The second-order valence-electron chi connectivity index (χ2n) is 8.43. The van der Waals surface area contributed by atoms with E-state index in [0.29, 0.717) is 13.1 Å². The Kier molecular flexibility index (Phi) is 4.33. The van der Waals surface area contributed by atoms with Gasteiger partial charge in [-0.3, -0.25) is 4.79 Å². The van der Waals surface area contributed by atoms with E-state index in [1.807, 2.05) is 66.6 Å². The molecule has 142 valence electrons. The van der Waals surface area contributed by atoms with Crippen LogP contribution in [0.4, 0.5) is 4.79 Å². The van der Waals surface area contributed by atoms with Gasteiger partial charge in [-0.15, -0.1) is 0 Å². The number of ether oxygens (including phenoxy) is 1. The van der Waals surface area contributed by atoms with Crippen LogP contribution >= 0.6 is 0 Å². The van der Waals surface area contributed by atoms with Gasteiger partial charge in [0.1, 0.15) is 5.60 Å². The Morgan fingerprint density at radius 3 is 2.52 bits per heavy atom. The summed E-state index contributed by atoms with van der Waals surface area (Å²) in [5.41, 5.74) is 2.29. The molecule has 2 heterocycles. The number of rotatable bonds is 1. The highest BCUT2D eigenvalue weighted by Gasteiger charge is 2.48. The maximum Gasteiger partial charge on any atom is 0.410 e. The fourth-order valence-electron chi connectivity index (χ4n) is 3.94. The van der Waals surface area contributed by atoms with Crippen LogP contribution in [-0.2, 0) is 11.3 Å². The summed E-state index contributed by atoms with van der Waals surface area (Å²) in [6.07, 6.45) is 1.39. The smallest absolute Gasteiger partial charge is 0.410 e. The summed E-state index contributed by atoms with van der Waals surface area (Å²) >= 11 is 0. The van der Waals surface area contributed by atoms with Crippen LogP contribution in [-0.4, -0.2) is 33.7 Å². The molecule has 1 aliphatic carbocycles. The van der Waals surface area contributed by atoms with Gasteiger partial charge in [0.2, 0.25) is 0 Å². The number of carbonyl (C=O) groups is 1. The van der Waals surface area contributed by atoms with Crippen molar-refractivity contribution in [3.8, 4) is 11.1 Å². The third-order valence-electron chi connectivity index (χ3n) is 5.24. The molecule has 1 aromatic carbocycles. The van der Waals surface area contributed by atoms with Gasteiger partial charge in [0.15, 0.2) is 0 Å². The molecule has 0 saturated heterocycles. The number of hydrogen-bond donors (Lipinski definition) is 0. The largest absolute Gasteiger partial charge is 0.444 e. The lowest BCUT2D eigenvalue weighted by Gasteiger charge is -2.29. The standard InChI is InChI=1S/C22H26N2O3/c1-22(2,3)27-21(26)24-13-7-12-23-18(17-14-19(17)24)11-10-16(20(23)25)15-8-5-4-6-9-15/h4-6,8-11,17,19H,7,12-14H2,1-3H3. The average Bonchev–Trinajstić information content (AvgIpc) is 3.36. The maximum absolute atomic E-state index is 13.1. The second kappa shape index (κ2) is 6.55. The van der Waals surface area contributed by atoms with Gasteiger partial charge >= 0.3 is 6.09 Å². The number of carbonyl (C=O) groups excluding carboxylic acids is 1. The van der Waals surface area contributed by atoms with Gasteiger partial charge in [-0.1, -0.05) is 30.3 Å². The molecule has 5 heteroatoms. The van der Waals surface area contributed by atoms with Crippen LogP contribution < -0.4 is 5.56 Å². The number of pyridine rings is 1. The molecule has 0 bridgehead atoms. The van der Waals surface area contributed by atoms with Crippen molar-refractivity contribution in [2.24, 2.45) is 0 Å². The van der Waals surface area contributed by atoms with Crippen molar-refractivity contribution in [1.82, 2.24) is 9.47 Å².